The first kappa shape index (κ1) is 21.7. The minimum absolute atomic E-state index is 0.0171. The van der Waals surface area contributed by atoms with Crippen molar-refractivity contribution in [2.75, 3.05) is 11.5 Å². The van der Waals surface area contributed by atoms with E-state index in [4.69, 9.17) is 11.5 Å². The van der Waals surface area contributed by atoms with Crippen LogP contribution in [0.1, 0.15) is 10.4 Å². The third-order valence-corrected chi connectivity index (χ3v) is 5.57. The van der Waals surface area contributed by atoms with Crippen molar-refractivity contribution in [1.82, 2.24) is 0 Å². The van der Waals surface area contributed by atoms with Gasteiger partial charge < -0.3 is 16.6 Å². The highest BCUT2D eigenvalue weighted by Crippen LogP contribution is 2.42. The maximum absolute atomic E-state index is 11.9. The van der Waals surface area contributed by atoms with Crippen LogP contribution in [0.5, 0.6) is 0 Å². The van der Waals surface area contributed by atoms with Crippen LogP contribution in [0.4, 0.5) is 34.1 Å². The van der Waals surface area contributed by atoms with Gasteiger partial charge in [-0.1, -0.05) is 60.7 Å². The number of nitrogen functional groups attached to an aromatic ring is 2. The van der Waals surface area contributed by atoms with Crippen molar-refractivity contribution in [2.24, 2.45) is 20.5 Å². The normalized spacial score (nSPS) is 11.7. The predicted octanol–water partition coefficient (Wildman–Crippen LogP) is 7.69. The molecule has 5 aromatic carbocycles. The van der Waals surface area contributed by atoms with Crippen molar-refractivity contribution in [2.45, 2.75) is 0 Å². The van der Waals surface area contributed by atoms with E-state index in [1.54, 1.807) is 6.07 Å². The molecular formula is C27H20N6O2. The van der Waals surface area contributed by atoms with E-state index in [-0.39, 0.29) is 28.3 Å². The molecule has 8 heteroatoms. The average Bonchev–Trinajstić information content (AvgIpc) is 2.87. The van der Waals surface area contributed by atoms with E-state index in [9.17, 15) is 9.90 Å². The van der Waals surface area contributed by atoms with Crippen LogP contribution >= 0.6 is 0 Å². The van der Waals surface area contributed by atoms with E-state index in [1.165, 1.54) is 6.07 Å². The van der Waals surface area contributed by atoms with Gasteiger partial charge in [-0.15, -0.1) is 10.2 Å². The van der Waals surface area contributed by atoms with E-state index in [0.29, 0.717) is 11.4 Å². The lowest BCUT2D eigenvalue weighted by Crippen LogP contribution is -2.02. The molecule has 5 rings (SSSR count). The van der Waals surface area contributed by atoms with E-state index in [0.717, 1.165) is 21.5 Å². The number of hydrogen-bond donors (Lipinski definition) is 3. The molecule has 0 aliphatic rings. The molecular weight excluding hydrogens is 440 g/mol. The Morgan fingerprint density at radius 2 is 1.09 bits per heavy atom. The van der Waals surface area contributed by atoms with Gasteiger partial charge in [-0.3, -0.25) is 0 Å². The van der Waals surface area contributed by atoms with Crippen LogP contribution in [0.3, 0.4) is 0 Å². The van der Waals surface area contributed by atoms with Gasteiger partial charge in [-0.05, 0) is 51.9 Å². The van der Waals surface area contributed by atoms with Crippen LogP contribution in [0.25, 0.3) is 21.5 Å². The SMILES string of the molecule is Nc1cc(C(=O)O)c(N=Nc2ccc3ccccc3c2)c(N)c1N=Nc1ccc2ccccc2c1. The van der Waals surface area contributed by atoms with Gasteiger partial charge in [0.25, 0.3) is 0 Å². The van der Waals surface area contributed by atoms with Crippen molar-refractivity contribution >= 4 is 61.6 Å². The molecule has 0 saturated heterocycles. The second-order valence-electron chi connectivity index (χ2n) is 7.89. The van der Waals surface area contributed by atoms with E-state index >= 15 is 0 Å². The number of rotatable bonds is 5. The van der Waals surface area contributed by atoms with Crippen molar-refractivity contribution in [1.29, 1.82) is 0 Å². The molecule has 5 N–H and O–H groups in total. The molecule has 0 aliphatic carbocycles. The predicted molar refractivity (Wildman–Crippen MR) is 138 cm³/mol. The number of carboxylic acid groups (broad SMARTS) is 1. The van der Waals surface area contributed by atoms with Crippen LogP contribution in [-0.2, 0) is 0 Å². The fraction of sp³-hybridized carbons (Fsp3) is 0. The average molecular weight is 460 g/mol. The highest BCUT2D eigenvalue weighted by Gasteiger charge is 2.19. The number of carboxylic acids is 1. The Bertz CT molecular complexity index is 1660. The lowest BCUT2D eigenvalue weighted by atomic mass is 10.1. The summed E-state index contributed by atoms with van der Waals surface area (Å²) in [6, 6.07) is 28.2. The summed E-state index contributed by atoms with van der Waals surface area (Å²) in [6.07, 6.45) is 0. The number of azo groups is 2. The Kier molecular flexibility index (Phi) is 5.60. The molecule has 0 spiro atoms. The Morgan fingerprint density at radius 1 is 0.600 bits per heavy atom. The Morgan fingerprint density at radius 3 is 1.60 bits per heavy atom. The lowest BCUT2D eigenvalue weighted by molar-refractivity contribution is 0.0698. The van der Waals surface area contributed by atoms with Gasteiger partial charge in [0.05, 0.1) is 28.3 Å². The molecule has 5 aromatic rings. The molecule has 0 radical (unpaired) electrons. The van der Waals surface area contributed by atoms with Gasteiger partial charge in [0.1, 0.15) is 11.4 Å². The zero-order valence-electron chi connectivity index (χ0n) is 18.5. The number of carbonyl (C=O) groups is 1. The number of anilines is 2. The van der Waals surface area contributed by atoms with Crippen LogP contribution in [-0.4, -0.2) is 11.1 Å². The number of hydrogen-bond acceptors (Lipinski definition) is 7. The number of benzene rings is 5. The van der Waals surface area contributed by atoms with Crippen molar-refractivity contribution in [3.05, 3.63) is 96.6 Å². The molecule has 0 aliphatic heterocycles. The molecule has 0 unspecified atom stereocenters. The highest BCUT2D eigenvalue weighted by atomic mass is 16.4. The molecule has 0 amide bonds. The lowest BCUT2D eigenvalue weighted by Gasteiger charge is -2.10. The van der Waals surface area contributed by atoms with Gasteiger partial charge in [0.2, 0.25) is 0 Å². The molecule has 0 heterocycles. The summed E-state index contributed by atoms with van der Waals surface area (Å²) in [5, 5.41) is 30.7. The Balaban J connectivity index is 1.54. The first-order valence-corrected chi connectivity index (χ1v) is 10.8. The van der Waals surface area contributed by atoms with Gasteiger partial charge in [-0.25, -0.2) is 4.79 Å². The molecule has 0 bridgehead atoms. The maximum Gasteiger partial charge on any atom is 0.338 e. The van der Waals surface area contributed by atoms with E-state index in [1.807, 2.05) is 78.9 Å². The second-order valence-corrected chi connectivity index (χ2v) is 7.89. The highest BCUT2D eigenvalue weighted by molar-refractivity contribution is 6.02. The first-order valence-electron chi connectivity index (χ1n) is 10.8. The summed E-state index contributed by atoms with van der Waals surface area (Å²) in [6.45, 7) is 0. The van der Waals surface area contributed by atoms with Gasteiger partial charge in [0.15, 0.2) is 0 Å². The molecule has 0 saturated carbocycles. The summed E-state index contributed by atoms with van der Waals surface area (Å²) in [7, 11) is 0. The third-order valence-electron chi connectivity index (χ3n) is 5.57. The summed E-state index contributed by atoms with van der Waals surface area (Å²) in [5.74, 6) is -1.23. The Hall–Kier alpha value is -5.11. The number of nitrogens with two attached hydrogens (primary N) is 2. The van der Waals surface area contributed by atoms with E-state index in [2.05, 4.69) is 20.5 Å². The molecule has 0 atom stereocenters. The van der Waals surface area contributed by atoms with Crippen LogP contribution in [0.15, 0.2) is 111 Å². The molecule has 35 heavy (non-hydrogen) atoms. The van der Waals surface area contributed by atoms with Crippen LogP contribution in [0, 0.1) is 0 Å². The second kappa shape index (κ2) is 9.03. The summed E-state index contributed by atoms with van der Waals surface area (Å²) in [4.78, 5) is 11.9. The van der Waals surface area contributed by atoms with Crippen LogP contribution in [0.2, 0.25) is 0 Å². The van der Waals surface area contributed by atoms with Gasteiger partial charge in [-0.2, -0.15) is 10.2 Å². The fourth-order valence-electron chi connectivity index (χ4n) is 3.78. The first-order chi connectivity index (χ1) is 17.0. The summed E-state index contributed by atoms with van der Waals surface area (Å²) < 4.78 is 0. The van der Waals surface area contributed by atoms with Crippen molar-refractivity contribution in [3.63, 3.8) is 0 Å². The topological polar surface area (TPSA) is 139 Å². The summed E-state index contributed by atoms with van der Waals surface area (Å²) in [5.41, 5.74) is 13.5. The quantitative estimate of drug-likeness (QED) is 0.183. The molecule has 8 nitrogen and oxygen atoms in total. The minimum atomic E-state index is -1.23. The van der Waals surface area contributed by atoms with Crippen molar-refractivity contribution in [3.8, 4) is 0 Å². The fourth-order valence-corrected chi connectivity index (χ4v) is 3.78. The van der Waals surface area contributed by atoms with Gasteiger partial charge >= 0.3 is 5.97 Å². The maximum atomic E-state index is 11.9. The van der Waals surface area contributed by atoms with Crippen molar-refractivity contribution < 1.29 is 9.90 Å². The monoisotopic (exact) mass is 460 g/mol. The zero-order chi connectivity index (χ0) is 24.4. The minimum Gasteiger partial charge on any atom is -0.478 e. The Labute approximate surface area is 200 Å². The number of aromatic carboxylic acids is 1. The van der Waals surface area contributed by atoms with Gasteiger partial charge in [0, 0.05) is 0 Å². The molecule has 0 aromatic heterocycles. The summed E-state index contributed by atoms with van der Waals surface area (Å²) >= 11 is 0. The largest absolute Gasteiger partial charge is 0.478 e. The van der Waals surface area contributed by atoms with Crippen LogP contribution < -0.4 is 11.5 Å². The van der Waals surface area contributed by atoms with E-state index < -0.39 is 5.97 Å². The molecule has 170 valence electrons. The number of fused-ring (bicyclic) bond motifs is 2. The standard InChI is InChI=1S/C27H20N6O2/c28-23-15-22(27(34)35)25(32-30-20-11-9-16-5-1-3-7-18(16)13-20)24(29)26(23)33-31-21-12-10-17-6-2-4-8-19(17)14-21/h1-15H,28-29H2,(H,34,35). The smallest absolute Gasteiger partial charge is 0.338 e. The zero-order valence-corrected chi connectivity index (χ0v) is 18.5. The third kappa shape index (κ3) is 4.40. The molecule has 0 fully saturated rings. The number of nitrogens with zero attached hydrogens (tertiary/aromatic N) is 4.